The molecule has 1 aliphatic carbocycles. The van der Waals surface area contributed by atoms with Crippen LogP contribution in [0.3, 0.4) is 0 Å². The SMILES string of the molecule is Cc1ccc(NCC2CC2)c(I)c1. The van der Waals surface area contributed by atoms with E-state index in [1.54, 1.807) is 0 Å². The summed E-state index contributed by atoms with van der Waals surface area (Å²) in [5.74, 6) is 0.942. The smallest absolute Gasteiger partial charge is 0.0476 e. The summed E-state index contributed by atoms with van der Waals surface area (Å²) in [6, 6.07) is 6.56. The first-order valence-electron chi connectivity index (χ1n) is 4.76. The van der Waals surface area contributed by atoms with E-state index in [1.807, 2.05) is 0 Å². The van der Waals surface area contributed by atoms with Crippen LogP contribution in [-0.4, -0.2) is 6.54 Å². The molecule has 0 heterocycles. The van der Waals surface area contributed by atoms with Gasteiger partial charge in [-0.3, -0.25) is 0 Å². The molecule has 0 atom stereocenters. The second kappa shape index (κ2) is 3.86. The van der Waals surface area contributed by atoms with Crippen molar-refractivity contribution in [3.8, 4) is 0 Å². The van der Waals surface area contributed by atoms with Crippen molar-refractivity contribution >= 4 is 28.3 Å². The number of aryl methyl sites for hydroxylation is 1. The lowest BCUT2D eigenvalue weighted by molar-refractivity contribution is 0.888. The van der Waals surface area contributed by atoms with Gasteiger partial charge in [-0.25, -0.2) is 0 Å². The van der Waals surface area contributed by atoms with Crippen molar-refractivity contribution in [2.75, 3.05) is 11.9 Å². The molecule has 1 fully saturated rings. The normalized spacial score (nSPS) is 15.8. The summed E-state index contributed by atoms with van der Waals surface area (Å²) in [6.45, 7) is 3.28. The second-order valence-corrected chi connectivity index (χ2v) is 4.97. The molecule has 1 aliphatic rings. The first kappa shape index (κ1) is 9.31. The van der Waals surface area contributed by atoms with Gasteiger partial charge in [-0.05, 0) is 66.0 Å². The molecule has 0 aromatic heterocycles. The molecule has 13 heavy (non-hydrogen) atoms. The van der Waals surface area contributed by atoms with Crippen LogP contribution in [0, 0.1) is 16.4 Å². The number of hydrogen-bond acceptors (Lipinski definition) is 1. The lowest BCUT2D eigenvalue weighted by atomic mass is 10.2. The van der Waals surface area contributed by atoms with E-state index in [1.165, 1.54) is 27.7 Å². The number of hydrogen-bond donors (Lipinski definition) is 1. The first-order chi connectivity index (χ1) is 6.25. The van der Waals surface area contributed by atoms with E-state index >= 15 is 0 Å². The lowest BCUT2D eigenvalue weighted by Gasteiger charge is -2.08. The Kier molecular flexibility index (Phi) is 2.77. The van der Waals surface area contributed by atoms with E-state index in [2.05, 4.69) is 53.0 Å². The zero-order valence-electron chi connectivity index (χ0n) is 7.81. The quantitative estimate of drug-likeness (QED) is 0.840. The molecule has 1 aromatic carbocycles. The van der Waals surface area contributed by atoms with Gasteiger partial charge in [0, 0.05) is 15.8 Å². The molecule has 2 rings (SSSR count). The fourth-order valence-corrected chi connectivity index (χ4v) is 2.20. The van der Waals surface area contributed by atoms with E-state index in [4.69, 9.17) is 0 Å². The molecule has 0 radical (unpaired) electrons. The standard InChI is InChI=1S/C11H14IN/c1-8-2-5-11(10(12)6-8)13-7-9-3-4-9/h2,5-6,9,13H,3-4,7H2,1H3. The number of nitrogens with one attached hydrogen (secondary N) is 1. The highest BCUT2D eigenvalue weighted by atomic mass is 127. The number of rotatable bonds is 3. The van der Waals surface area contributed by atoms with E-state index < -0.39 is 0 Å². The third kappa shape index (κ3) is 2.59. The van der Waals surface area contributed by atoms with Crippen molar-refractivity contribution in [1.82, 2.24) is 0 Å². The largest absolute Gasteiger partial charge is 0.384 e. The Labute approximate surface area is 93.1 Å². The van der Waals surface area contributed by atoms with Crippen LogP contribution in [0.4, 0.5) is 5.69 Å². The summed E-state index contributed by atoms with van der Waals surface area (Å²) in [6.07, 6.45) is 2.82. The maximum Gasteiger partial charge on any atom is 0.0476 e. The molecular weight excluding hydrogens is 273 g/mol. The van der Waals surface area contributed by atoms with Crippen LogP contribution in [0.2, 0.25) is 0 Å². The van der Waals surface area contributed by atoms with Gasteiger partial charge in [0.1, 0.15) is 0 Å². The fourth-order valence-electron chi connectivity index (χ4n) is 1.34. The van der Waals surface area contributed by atoms with Crippen molar-refractivity contribution in [2.24, 2.45) is 5.92 Å². The van der Waals surface area contributed by atoms with Crippen LogP contribution >= 0.6 is 22.6 Å². The Morgan fingerprint density at radius 2 is 2.23 bits per heavy atom. The van der Waals surface area contributed by atoms with Gasteiger partial charge in [-0.2, -0.15) is 0 Å². The maximum absolute atomic E-state index is 3.49. The van der Waals surface area contributed by atoms with Crippen molar-refractivity contribution in [3.05, 3.63) is 27.3 Å². The van der Waals surface area contributed by atoms with Crippen molar-refractivity contribution < 1.29 is 0 Å². The lowest BCUT2D eigenvalue weighted by Crippen LogP contribution is -2.04. The van der Waals surface area contributed by atoms with Gasteiger partial charge in [0.25, 0.3) is 0 Å². The summed E-state index contributed by atoms with van der Waals surface area (Å²) in [5, 5.41) is 3.49. The molecule has 0 unspecified atom stereocenters. The third-order valence-corrected chi connectivity index (χ3v) is 3.30. The number of halogens is 1. The van der Waals surface area contributed by atoms with Crippen LogP contribution in [0.25, 0.3) is 0 Å². The molecule has 70 valence electrons. The minimum absolute atomic E-state index is 0.942. The van der Waals surface area contributed by atoms with Crippen LogP contribution < -0.4 is 5.32 Å². The van der Waals surface area contributed by atoms with Gasteiger partial charge >= 0.3 is 0 Å². The summed E-state index contributed by atoms with van der Waals surface area (Å²) in [7, 11) is 0. The molecule has 0 bridgehead atoms. The summed E-state index contributed by atoms with van der Waals surface area (Å²) >= 11 is 2.39. The highest BCUT2D eigenvalue weighted by Crippen LogP contribution is 2.29. The zero-order chi connectivity index (χ0) is 9.26. The van der Waals surface area contributed by atoms with Gasteiger partial charge in [0.05, 0.1) is 0 Å². The van der Waals surface area contributed by atoms with Gasteiger partial charge in [-0.15, -0.1) is 0 Å². The Hall–Kier alpha value is -0.250. The third-order valence-electron chi connectivity index (χ3n) is 2.40. The molecule has 1 nitrogen and oxygen atoms in total. The Morgan fingerprint density at radius 3 is 2.85 bits per heavy atom. The predicted molar refractivity (Wildman–Crippen MR) is 65.1 cm³/mol. The Morgan fingerprint density at radius 1 is 1.46 bits per heavy atom. The van der Waals surface area contributed by atoms with Crippen molar-refractivity contribution in [1.29, 1.82) is 0 Å². The van der Waals surface area contributed by atoms with Crippen LogP contribution in [0.15, 0.2) is 18.2 Å². The molecule has 1 saturated carbocycles. The van der Waals surface area contributed by atoms with Crippen LogP contribution in [-0.2, 0) is 0 Å². The average molecular weight is 287 g/mol. The molecule has 0 amide bonds. The van der Waals surface area contributed by atoms with Gasteiger partial charge in [0.15, 0.2) is 0 Å². The minimum atomic E-state index is 0.942. The average Bonchev–Trinajstić information content (AvgIpc) is 2.86. The fraction of sp³-hybridized carbons (Fsp3) is 0.455. The molecule has 1 aromatic rings. The predicted octanol–water partition coefficient (Wildman–Crippen LogP) is 3.42. The van der Waals surface area contributed by atoms with E-state index in [0.29, 0.717) is 0 Å². The Balaban J connectivity index is 2.01. The van der Waals surface area contributed by atoms with Gasteiger partial charge in [0.2, 0.25) is 0 Å². The molecule has 0 spiro atoms. The van der Waals surface area contributed by atoms with E-state index in [0.717, 1.165) is 12.5 Å². The molecule has 0 saturated heterocycles. The summed E-state index contributed by atoms with van der Waals surface area (Å²) < 4.78 is 1.33. The molecule has 0 aliphatic heterocycles. The maximum atomic E-state index is 3.49. The van der Waals surface area contributed by atoms with Gasteiger partial charge in [-0.1, -0.05) is 6.07 Å². The summed E-state index contributed by atoms with van der Waals surface area (Å²) in [5.41, 5.74) is 2.62. The van der Waals surface area contributed by atoms with E-state index in [-0.39, 0.29) is 0 Å². The monoisotopic (exact) mass is 287 g/mol. The highest BCUT2D eigenvalue weighted by molar-refractivity contribution is 14.1. The number of benzene rings is 1. The zero-order valence-corrected chi connectivity index (χ0v) is 9.97. The van der Waals surface area contributed by atoms with Crippen LogP contribution in [0.1, 0.15) is 18.4 Å². The summed E-state index contributed by atoms with van der Waals surface area (Å²) in [4.78, 5) is 0. The molecular formula is C11H14IN. The van der Waals surface area contributed by atoms with Crippen molar-refractivity contribution in [3.63, 3.8) is 0 Å². The first-order valence-corrected chi connectivity index (χ1v) is 5.83. The van der Waals surface area contributed by atoms with Crippen molar-refractivity contribution in [2.45, 2.75) is 19.8 Å². The highest BCUT2D eigenvalue weighted by Gasteiger charge is 2.20. The van der Waals surface area contributed by atoms with E-state index in [9.17, 15) is 0 Å². The Bertz CT molecular complexity index is 305. The number of anilines is 1. The molecule has 1 N–H and O–H groups in total. The van der Waals surface area contributed by atoms with Crippen LogP contribution in [0.5, 0.6) is 0 Å². The minimum Gasteiger partial charge on any atom is -0.384 e. The topological polar surface area (TPSA) is 12.0 Å². The second-order valence-electron chi connectivity index (χ2n) is 3.81. The molecule has 2 heteroatoms. The van der Waals surface area contributed by atoms with Gasteiger partial charge < -0.3 is 5.32 Å².